The fraction of sp³-hybridized carbons (Fsp3) is 0.609. The molecule has 9 nitrogen and oxygen atoms in total. The van der Waals surface area contributed by atoms with Gasteiger partial charge in [-0.1, -0.05) is 12.1 Å². The Hall–Kier alpha value is -2.81. The number of nitro groups is 1. The Morgan fingerprint density at radius 3 is 1.94 bits per heavy atom. The number of hydrogen-bond donors (Lipinski definition) is 1. The van der Waals surface area contributed by atoms with Crippen molar-refractivity contribution in [1.29, 1.82) is 0 Å². The number of carbonyl (C=O) groups excluding carboxylic acids is 3. The molecule has 2 rings (SSSR count). The first-order chi connectivity index (χ1) is 14.4. The zero-order chi connectivity index (χ0) is 24.6. The quantitative estimate of drug-likeness (QED) is 0.320. The summed E-state index contributed by atoms with van der Waals surface area (Å²) in [5.74, 6) is -5.96. The van der Waals surface area contributed by atoms with Crippen molar-refractivity contribution in [3.8, 4) is 0 Å². The van der Waals surface area contributed by atoms with Crippen LogP contribution in [-0.2, 0) is 23.9 Å². The van der Waals surface area contributed by atoms with Gasteiger partial charge in [0.1, 0.15) is 17.1 Å². The lowest BCUT2D eigenvalue weighted by molar-refractivity contribution is -0.384. The number of nitrogens with zero attached hydrogens (tertiary/aromatic N) is 1. The number of aliphatic hydroxyl groups is 1. The van der Waals surface area contributed by atoms with Crippen molar-refractivity contribution in [2.75, 3.05) is 0 Å². The van der Waals surface area contributed by atoms with Gasteiger partial charge in [-0.3, -0.25) is 24.5 Å². The molecule has 1 N–H and O–H groups in total. The molecule has 0 amide bonds. The number of rotatable bonds is 4. The van der Waals surface area contributed by atoms with Crippen LogP contribution in [0.1, 0.15) is 66.4 Å². The van der Waals surface area contributed by atoms with Crippen LogP contribution < -0.4 is 0 Å². The first kappa shape index (κ1) is 25.5. The summed E-state index contributed by atoms with van der Waals surface area (Å²) in [5, 5.41) is 22.2. The molecule has 1 aliphatic rings. The van der Waals surface area contributed by atoms with E-state index in [4.69, 9.17) is 9.47 Å². The normalized spacial score (nSPS) is 26.4. The van der Waals surface area contributed by atoms with Gasteiger partial charge in [-0.2, -0.15) is 0 Å². The van der Waals surface area contributed by atoms with E-state index in [9.17, 15) is 29.6 Å². The summed E-state index contributed by atoms with van der Waals surface area (Å²) >= 11 is 0. The van der Waals surface area contributed by atoms with E-state index in [0.717, 1.165) is 0 Å². The van der Waals surface area contributed by atoms with Crippen molar-refractivity contribution in [1.82, 2.24) is 0 Å². The molecule has 1 aromatic rings. The summed E-state index contributed by atoms with van der Waals surface area (Å²) < 4.78 is 11.0. The molecule has 1 aliphatic carbocycles. The average Bonchev–Trinajstić information content (AvgIpc) is 2.56. The Morgan fingerprint density at radius 1 is 1.03 bits per heavy atom. The van der Waals surface area contributed by atoms with Gasteiger partial charge in [0.05, 0.1) is 16.4 Å². The number of ketones is 1. The number of carbonyl (C=O) groups is 3. The van der Waals surface area contributed by atoms with E-state index in [-0.39, 0.29) is 5.69 Å². The van der Waals surface area contributed by atoms with Gasteiger partial charge in [-0.15, -0.1) is 0 Å². The first-order valence-electron chi connectivity index (χ1n) is 10.4. The summed E-state index contributed by atoms with van der Waals surface area (Å²) in [6, 6.07) is 5.21. The van der Waals surface area contributed by atoms with Gasteiger partial charge in [0.25, 0.3) is 5.69 Å². The number of esters is 2. The van der Waals surface area contributed by atoms with Gasteiger partial charge in [0.2, 0.25) is 0 Å². The van der Waals surface area contributed by atoms with Gasteiger partial charge < -0.3 is 14.6 Å². The van der Waals surface area contributed by atoms with Crippen molar-refractivity contribution in [3.63, 3.8) is 0 Å². The van der Waals surface area contributed by atoms with Crippen molar-refractivity contribution in [2.24, 2.45) is 11.8 Å². The highest BCUT2D eigenvalue weighted by molar-refractivity contribution is 6.03. The number of ether oxygens (including phenoxy) is 2. The molecule has 0 aliphatic heterocycles. The van der Waals surface area contributed by atoms with Crippen LogP contribution in [0.2, 0.25) is 0 Å². The van der Waals surface area contributed by atoms with Gasteiger partial charge in [0, 0.05) is 24.5 Å². The maximum atomic E-state index is 13.2. The monoisotopic (exact) mass is 449 g/mol. The largest absolute Gasteiger partial charge is 0.460 e. The Labute approximate surface area is 187 Å². The number of Topliss-reactive ketones (excluding diaryl/α,β-unsaturated/α-hetero) is 1. The van der Waals surface area contributed by atoms with E-state index < -0.39 is 63.6 Å². The molecule has 0 aromatic heterocycles. The van der Waals surface area contributed by atoms with Crippen molar-refractivity contribution in [2.45, 2.75) is 77.6 Å². The van der Waals surface area contributed by atoms with Gasteiger partial charge in [-0.25, -0.2) is 0 Å². The van der Waals surface area contributed by atoms with Crippen molar-refractivity contribution < 1.29 is 33.9 Å². The third kappa shape index (κ3) is 5.91. The lowest BCUT2D eigenvalue weighted by Crippen LogP contribution is -2.56. The number of nitro benzene ring substituents is 1. The summed E-state index contributed by atoms with van der Waals surface area (Å²) in [7, 11) is 0. The van der Waals surface area contributed by atoms with E-state index in [1.165, 1.54) is 31.2 Å². The van der Waals surface area contributed by atoms with Crippen LogP contribution in [0.5, 0.6) is 0 Å². The minimum Gasteiger partial charge on any atom is -0.460 e. The summed E-state index contributed by atoms with van der Waals surface area (Å²) in [6.45, 7) is 11.3. The molecule has 0 heterocycles. The molecule has 4 atom stereocenters. The Morgan fingerprint density at radius 2 is 1.50 bits per heavy atom. The van der Waals surface area contributed by atoms with Gasteiger partial charge in [0.15, 0.2) is 5.78 Å². The number of non-ortho nitro benzene ring substituents is 1. The molecular formula is C23H31NO8. The van der Waals surface area contributed by atoms with E-state index in [1.807, 2.05) is 0 Å². The predicted molar refractivity (Wildman–Crippen MR) is 115 cm³/mol. The topological polar surface area (TPSA) is 133 Å². The summed E-state index contributed by atoms with van der Waals surface area (Å²) in [4.78, 5) is 49.8. The zero-order valence-electron chi connectivity index (χ0n) is 19.5. The lowest BCUT2D eigenvalue weighted by Gasteiger charge is -2.44. The third-order valence-electron chi connectivity index (χ3n) is 5.08. The fourth-order valence-corrected chi connectivity index (χ4v) is 3.96. The molecule has 176 valence electrons. The van der Waals surface area contributed by atoms with Crippen LogP contribution in [0.25, 0.3) is 0 Å². The van der Waals surface area contributed by atoms with Crippen LogP contribution in [-0.4, -0.2) is 44.6 Å². The minimum absolute atomic E-state index is 0.190. The highest BCUT2D eigenvalue weighted by Crippen LogP contribution is 2.47. The second-order valence-corrected chi connectivity index (χ2v) is 10.4. The molecule has 0 radical (unpaired) electrons. The van der Waals surface area contributed by atoms with Crippen LogP contribution in [0, 0.1) is 22.0 Å². The van der Waals surface area contributed by atoms with Gasteiger partial charge in [-0.05, 0) is 54.0 Å². The number of benzene rings is 1. The smallest absolute Gasteiger partial charge is 0.317 e. The highest BCUT2D eigenvalue weighted by atomic mass is 16.6. The second kappa shape index (κ2) is 8.61. The molecule has 1 fully saturated rings. The fourth-order valence-electron chi connectivity index (χ4n) is 3.96. The minimum atomic E-state index is -1.80. The van der Waals surface area contributed by atoms with Crippen LogP contribution in [0.3, 0.4) is 0 Å². The Bertz CT molecular complexity index is 905. The molecule has 0 spiro atoms. The summed E-state index contributed by atoms with van der Waals surface area (Å²) in [5.41, 5.74) is -3.44. The Kier molecular flexibility index (Phi) is 6.85. The molecule has 32 heavy (non-hydrogen) atoms. The highest BCUT2D eigenvalue weighted by Gasteiger charge is 2.57. The van der Waals surface area contributed by atoms with Crippen molar-refractivity contribution in [3.05, 3.63) is 39.9 Å². The molecule has 1 aromatic carbocycles. The van der Waals surface area contributed by atoms with E-state index in [2.05, 4.69) is 0 Å². The maximum absolute atomic E-state index is 13.2. The SMILES string of the molecule is CC(C)(C)OC(=O)[C@@H]1C(=O)C[C@@](C)(O)[C@@H](C(=O)OC(C)(C)C)[C@@H]1c1ccc([N+](=O)[O-])cc1. The predicted octanol–water partition coefficient (Wildman–Crippen LogP) is 3.32. The molecule has 0 bridgehead atoms. The molecule has 0 saturated heterocycles. The van der Waals surface area contributed by atoms with Crippen molar-refractivity contribution >= 4 is 23.4 Å². The second-order valence-electron chi connectivity index (χ2n) is 10.4. The lowest BCUT2D eigenvalue weighted by atomic mass is 9.61. The number of hydrogen-bond acceptors (Lipinski definition) is 8. The van der Waals surface area contributed by atoms with E-state index in [1.54, 1.807) is 41.5 Å². The molecular weight excluding hydrogens is 418 g/mol. The summed E-state index contributed by atoms with van der Waals surface area (Å²) in [6.07, 6.45) is -0.440. The molecule has 0 unspecified atom stereocenters. The first-order valence-corrected chi connectivity index (χ1v) is 10.4. The maximum Gasteiger partial charge on any atom is 0.317 e. The van der Waals surface area contributed by atoms with Crippen LogP contribution in [0.4, 0.5) is 5.69 Å². The van der Waals surface area contributed by atoms with E-state index >= 15 is 0 Å². The van der Waals surface area contributed by atoms with E-state index in [0.29, 0.717) is 5.56 Å². The van der Waals surface area contributed by atoms with Crippen LogP contribution in [0.15, 0.2) is 24.3 Å². The molecule has 9 heteroatoms. The average molecular weight is 450 g/mol. The van der Waals surface area contributed by atoms with Crippen LogP contribution >= 0.6 is 0 Å². The third-order valence-corrected chi connectivity index (χ3v) is 5.08. The van der Waals surface area contributed by atoms with Gasteiger partial charge >= 0.3 is 11.9 Å². The zero-order valence-corrected chi connectivity index (χ0v) is 19.5. The standard InChI is InChI=1S/C23H31NO8/c1-21(2,3)31-19(26)17-15(25)12-23(7,28)18(20(27)32-22(4,5)6)16(17)13-8-10-14(11-9-13)24(29)30/h8-11,16-18,28H,12H2,1-7H3/t16-,17-,18-,23-/m1/s1. The Balaban J connectivity index is 2.66. The molecule has 1 saturated carbocycles.